The predicted molar refractivity (Wildman–Crippen MR) is 64.5 cm³/mol. The van der Waals surface area contributed by atoms with Gasteiger partial charge in [0, 0.05) is 19.9 Å². The molecule has 0 aliphatic rings. The molecule has 18 heavy (non-hydrogen) atoms. The number of nitrogens with one attached hydrogen (secondary N) is 2. The molecule has 0 unspecified atom stereocenters. The van der Waals surface area contributed by atoms with E-state index in [9.17, 15) is 9.59 Å². The van der Waals surface area contributed by atoms with E-state index in [4.69, 9.17) is 10.5 Å². The summed E-state index contributed by atoms with van der Waals surface area (Å²) in [7, 11) is 1.55. The molecule has 100 valence electrons. The maximum Gasteiger partial charge on any atom is 0.242 e. The summed E-state index contributed by atoms with van der Waals surface area (Å²) < 4.78 is 6.17. The zero-order valence-corrected chi connectivity index (χ0v) is 10.2. The van der Waals surface area contributed by atoms with Crippen molar-refractivity contribution in [2.24, 2.45) is 0 Å². The molecule has 1 aromatic heterocycles. The molecule has 2 amide bonds. The van der Waals surface area contributed by atoms with Crippen molar-refractivity contribution in [3.05, 3.63) is 12.3 Å². The van der Waals surface area contributed by atoms with Crippen LogP contribution in [0.3, 0.4) is 0 Å². The third kappa shape index (κ3) is 5.30. The van der Waals surface area contributed by atoms with E-state index in [2.05, 4.69) is 15.7 Å². The van der Waals surface area contributed by atoms with Crippen molar-refractivity contribution in [2.45, 2.75) is 6.54 Å². The van der Waals surface area contributed by atoms with Crippen LogP contribution in [0.25, 0.3) is 0 Å². The third-order valence-electron chi connectivity index (χ3n) is 2.04. The number of aromatic nitrogens is 2. The molecule has 0 aliphatic heterocycles. The number of hydrogen-bond acceptors (Lipinski definition) is 5. The monoisotopic (exact) mass is 255 g/mol. The fourth-order valence-electron chi connectivity index (χ4n) is 1.20. The zero-order valence-electron chi connectivity index (χ0n) is 10.2. The molecule has 0 saturated heterocycles. The average molecular weight is 255 g/mol. The van der Waals surface area contributed by atoms with Crippen LogP contribution in [0.1, 0.15) is 0 Å². The van der Waals surface area contributed by atoms with Crippen molar-refractivity contribution >= 4 is 17.6 Å². The van der Waals surface area contributed by atoms with Gasteiger partial charge in [-0.3, -0.25) is 14.3 Å². The fraction of sp³-hybridized carbons (Fsp3) is 0.500. The number of hydrogen-bond donors (Lipinski definition) is 3. The number of carbonyl (C=O) groups is 2. The normalized spacial score (nSPS) is 10.1. The summed E-state index contributed by atoms with van der Waals surface area (Å²) in [6, 6.07) is 1.59. The molecule has 0 atom stereocenters. The van der Waals surface area contributed by atoms with Gasteiger partial charge < -0.3 is 21.1 Å². The molecule has 0 aliphatic carbocycles. The molecular formula is C10H17N5O3. The lowest BCUT2D eigenvalue weighted by atomic mass is 10.5. The lowest BCUT2D eigenvalue weighted by Gasteiger charge is -2.06. The summed E-state index contributed by atoms with van der Waals surface area (Å²) in [6.07, 6.45) is 1.59. The summed E-state index contributed by atoms with van der Waals surface area (Å²) in [5, 5.41) is 8.91. The standard InChI is InChI=1S/C10H17N5O3/c1-18-5-3-12-9(16)6-13-10(17)7-15-4-2-8(11)14-15/h2,4H,3,5-7H2,1H3,(H2,11,14)(H,12,16)(H,13,17). The number of nitrogens with zero attached hydrogens (tertiary/aromatic N) is 2. The van der Waals surface area contributed by atoms with Crippen molar-refractivity contribution in [1.29, 1.82) is 0 Å². The molecule has 8 nitrogen and oxygen atoms in total. The predicted octanol–water partition coefficient (Wildman–Crippen LogP) is -1.66. The second kappa shape index (κ2) is 7.28. The fourth-order valence-corrected chi connectivity index (χ4v) is 1.20. The number of methoxy groups -OCH3 is 1. The Kier molecular flexibility index (Phi) is 5.65. The van der Waals surface area contributed by atoms with Gasteiger partial charge in [-0.25, -0.2) is 0 Å². The smallest absolute Gasteiger partial charge is 0.242 e. The molecule has 1 heterocycles. The first-order valence-electron chi connectivity index (χ1n) is 5.43. The maximum absolute atomic E-state index is 11.4. The summed E-state index contributed by atoms with van der Waals surface area (Å²) >= 11 is 0. The number of nitrogens with two attached hydrogens (primary N) is 1. The summed E-state index contributed by atoms with van der Waals surface area (Å²) in [5.41, 5.74) is 5.40. The minimum atomic E-state index is -0.306. The van der Waals surface area contributed by atoms with Crippen molar-refractivity contribution in [2.75, 3.05) is 32.5 Å². The molecule has 0 spiro atoms. The number of carbonyl (C=O) groups excluding carboxylic acids is 2. The maximum atomic E-state index is 11.4. The highest BCUT2D eigenvalue weighted by Gasteiger charge is 2.06. The highest BCUT2D eigenvalue weighted by molar-refractivity contribution is 5.84. The third-order valence-corrected chi connectivity index (χ3v) is 2.04. The molecule has 0 saturated carbocycles. The van der Waals surface area contributed by atoms with Gasteiger partial charge in [-0.2, -0.15) is 5.10 Å². The van der Waals surface area contributed by atoms with Gasteiger partial charge in [0.2, 0.25) is 11.8 Å². The Labute approximate surface area is 104 Å². The highest BCUT2D eigenvalue weighted by Crippen LogP contribution is 1.94. The summed E-state index contributed by atoms with van der Waals surface area (Å²) in [4.78, 5) is 22.7. The Morgan fingerprint density at radius 3 is 2.83 bits per heavy atom. The number of ether oxygens (including phenoxy) is 1. The van der Waals surface area contributed by atoms with E-state index in [-0.39, 0.29) is 24.9 Å². The van der Waals surface area contributed by atoms with Gasteiger partial charge in [-0.1, -0.05) is 0 Å². The van der Waals surface area contributed by atoms with Crippen LogP contribution in [-0.2, 0) is 20.9 Å². The van der Waals surface area contributed by atoms with Crippen LogP contribution in [0.4, 0.5) is 5.82 Å². The van der Waals surface area contributed by atoms with E-state index >= 15 is 0 Å². The van der Waals surface area contributed by atoms with E-state index in [0.717, 1.165) is 0 Å². The Morgan fingerprint density at radius 1 is 1.44 bits per heavy atom. The van der Waals surface area contributed by atoms with E-state index in [1.54, 1.807) is 19.4 Å². The Balaban J connectivity index is 2.18. The number of amides is 2. The Morgan fingerprint density at radius 2 is 2.22 bits per heavy atom. The van der Waals surface area contributed by atoms with Crippen molar-refractivity contribution in [3.8, 4) is 0 Å². The van der Waals surface area contributed by atoms with Crippen molar-refractivity contribution in [3.63, 3.8) is 0 Å². The van der Waals surface area contributed by atoms with E-state index < -0.39 is 0 Å². The quantitative estimate of drug-likeness (QED) is 0.505. The number of anilines is 1. The highest BCUT2D eigenvalue weighted by atomic mass is 16.5. The second-order valence-electron chi connectivity index (χ2n) is 3.56. The number of rotatable bonds is 7. The molecule has 0 radical (unpaired) electrons. The van der Waals surface area contributed by atoms with Gasteiger partial charge in [-0.15, -0.1) is 0 Å². The van der Waals surface area contributed by atoms with Crippen LogP contribution in [0.5, 0.6) is 0 Å². The molecular weight excluding hydrogens is 238 g/mol. The van der Waals surface area contributed by atoms with Gasteiger partial charge in [0.25, 0.3) is 0 Å². The van der Waals surface area contributed by atoms with Crippen LogP contribution < -0.4 is 16.4 Å². The second-order valence-corrected chi connectivity index (χ2v) is 3.56. The van der Waals surface area contributed by atoms with Crippen LogP contribution in [0.2, 0.25) is 0 Å². The number of nitrogen functional groups attached to an aromatic ring is 1. The minimum absolute atomic E-state index is 0.0303. The molecule has 0 bridgehead atoms. The van der Waals surface area contributed by atoms with E-state index in [0.29, 0.717) is 19.0 Å². The van der Waals surface area contributed by atoms with Gasteiger partial charge in [0.1, 0.15) is 12.4 Å². The Bertz CT molecular complexity index is 404. The van der Waals surface area contributed by atoms with Crippen LogP contribution in [0.15, 0.2) is 12.3 Å². The summed E-state index contributed by atoms with van der Waals surface area (Å²) in [5.74, 6) is -0.222. The van der Waals surface area contributed by atoms with Gasteiger partial charge in [0.05, 0.1) is 13.2 Å². The first-order valence-corrected chi connectivity index (χ1v) is 5.43. The lowest BCUT2D eigenvalue weighted by molar-refractivity contribution is -0.126. The topological polar surface area (TPSA) is 111 Å². The van der Waals surface area contributed by atoms with Gasteiger partial charge in [-0.05, 0) is 6.07 Å². The first-order chi connectivity index (χ1) is 8.61. The van der Waals surface area contributed by atoms with Gasteiger partial charge in [0.15, 0.2) is 0 Å². The average Bonchev–Trinajstić information content (AvgIpc) is 2.72. The molecule has 1 rings (SSSR count). The lowest BCUT2D eigenvalue weighted by Crippen LogP contribution is -2.39. The molecule has 0 aromatic carbocycles. The van der Waals surface area contributed by atoms with E-state index in [1.165, 1.54) is 4.68 Å². The largest absolute Gasteiger partial charge is 0.383 e. The molecule has 0 fully saturated rings. The minimum Gasteiger partial charge on any atom is -0.383 e. The van der Waals surface area contributed by atoms with Crippen molar-refractivity contribution < 1.29 is 14.3 Å². The van der Waals surface area contributed by atoms with E-state index in [1.807, 2.05) is 0 Å². The van der Waals surface area contributed by atoms with Gasteiger partial charge >= 0.3 is 0 Å². The van der Waals surface area contributed by atoms with Crippen LogP contribution >= 0.6 is 0 Å². The van der Waals surface area contributed by atoms with Crippen LogP contribution in [-0.4, -0.2) is 48.4 Å². The zero-order chi connectivity index (χ0) is 13.4. The van der Waals surface area contributed by atoms with Crippen LogP contribution in [0, 0.1) is 0 Å². The first kappa shape index (κ1) is 14.0. The Hall–Kier alpha value is -2.09. The van der Waals surface area contributed by atoms with Crippen molar-refractivity contribution in [1.82, 2.24) is 20.4 Å². The molecule has 1 aromatic rings. The summed E-state index contributed by atoms with van der Waals surface area (Å²) in [6.45, 7) is 0.814. The SMILES string of the molecule is COCCNC(=O)CNC(=O)Cn1ccc(N)n1. The molecule has 4 N–H and O–H groups in total. The molecule has 8 heteroatoms.